The van der Waals surface area contributed by atoms with Gasteiger partial charge >= 0.3 is 31.6 Å². The number of carboxylic acid groups (broad SMARTS) is 1. The highest BCUT2D eigenvalue weighted by molar-refractivity contribution is 7.52. The lowest BCUT2D eigenvalue weighted by molar-refractivity contribution is -0.192. The van der Waals surface area contributed by atoms with Gasteiger partial charge in [-0.3, -0.25) is 9.09 Å². The van der Waals surface area contributed by atoms with Crippen molar-refractivity contribution in [2.24, 2.45) is 0 Å². The van der Waals surface area contributed by atoms with Crippen LogP contribution in [0.1, 0.15) is 31.7 Å². The number of nitrogen functional groups attached to an aromatic ring is 1. The molecule has 2 heterocycles. The lowest BCUT2D eigenvalue weighted by Gasteiger charge is -2.27. The van der Waals surface area contributed by atoms with E-state index in [2.05, 4.69) is 10.1 Å². The standard InChI is InChI=1S/C26H30ClN4O9P.C2HF3O2/c1-3-37-23(33)21(16-7-5-4-6-8-16)30-41(36,40-18-11-9-17(27)10-12-18)38-15-19-22(32)26(2,35)24(39-19)31-14-13-20(28)29-25(31)34;3-2(4,5)1(6)7/h4-14,19,21-22,24,32,35H,3,15H2,1-2H3,(H,30,36)(H2,28,29,34);(H,6,7)/t19-,21+,22-,24-,26-,41?;/m1./s1. The zero-order valence-electron chi connectivity index (χ0n) is 25.1. The number of hydrogen-bond acceptors (Lipinski definition) is 12. The number of aliphatic carboxylic acids is 1. The van der Waals surface area contributed by atoms with Crippen molar-refractivity contribution in [1.82, 2.24) is 14.6 Å². The molecule has 1 aromatic heterocycles. The molecule has 6 atom stereocenters. The second-order valence-corrected chi connectivity index (χ2v) is 12.2. The number of benzene rings is 2. The quantitative estimate of drug-likeness (QED) is 0.142. The number of esters is 1. The van der Waals surface area contributed by atoms with Crippen LogP contribution in [0.5, 0.6) is 5.75 Å². The molecule has 15 nitrogen and oxygen atoms in total. The average molecular weight is 723 g/mol. The first-order valence-corrected chi connectivity index (χ1v) is 15.7. The van der Waals surface area contributed by atoms with Gasteiger partial charge in [-0.05, 0) is 49.7 Å². The number of alkyl halides is 3. The number of hydrogen-bond donors (Lipinski definition) is 5. The number of carbonyl (C=O) groups excluding carboxylic acids is 1. The van der Waals surface area contributed by atoms with Crippen molar-refractivity contribution in [2.75, 3.05) is 18.9 Å². The number of ether oxygens (including phenoxy) is 2. The second-order valence-electron chi connectivity index (χ2n) is 10.1. The van der Waals surface area contributed by atoms with Crippen LogP contribution in [-0.4, -0.2) is 74.0 Å². The fourth-order valence-corrected chi connectivity index (χ4v) is 5.79. The van der Waals surface area contributed by atoms with E-state index < -0.39 is 68.2 Å². The van der Waals surface area contributed by atoms with Crippen molar-refractivity contribution < 1.29 is 61.2 Å². The first kappa shape index (κ1) is 38.4. The molecule has 48 heavy (non-hydrogen) atoms. The summed E-state index contributed by atoms with van der Waals surface area (Å²) in [5.41, 5.74) is 3.17. The number of anilines is 1. The van der Waals surface area contributed by atoms with E-state index in [9.17, 15) is 37.5 Å². The van der Waals surface area contributed by atoms with E-state index in [0.717, 1.165) is 4.57 Å². The van der Waals surface area contributed by atoms with Gasteiger partial charge in [0.15, 0.2) is 6.23 Å². The smallest absolute Gasteiger partial charge is 0.475 e. The fraction of sp³-hybridized carbons (Fsp3) is 0.357. The monoisotopic (exact) mass is 722 g/mol. The fourth-order valence-electron chi connectivity index (χ4n) is 4.17. The summed E-state index contributed by atoms with van der Waals surface area (Å²) in [4.78, 5) is 37.8. The van der Waals surface area contributed by atoms with Crippen LogP contribution in [0.25, 0.3) is 0 Å². The first-order chi connectivity index (χ1) is 22.4. The van der Waals surface area contributed by atoms with Crippen LogP contribution in [0.3, 0.4) is 0 Å². The topological polar surface area (TPSA) is 222 Å². The van der Waals surface area contributed by atoms with Gasteiger partial charge in [0.2, 0.25) is 0 Å². The lowest BCUT2D eigenvalue weighted by atomic mass is 9.96. The lowest BCUT2D eigenvalue weighted by Crippen LogP contribution is -2.46. The summed E-state index contributed by atoms with van der Waals surface area (Å²) in [5, 5.41) is 32.1. The number of carbonyl (C=O) groups is 2. The summed E-state index contributed by atoms with van der Waals surface area (Å²) in [7, 11) is -4.45. The Morgan fingerprint density at radius 1 is 1.19 bits per heavy atom. The Kier molecular flexibility index (Phi) is 12.7. The summed E-state index contributed by atoms with van der Waals surface area (Å²) >= 11 is 5.96. The minimum atomic E-state index is -5.08. The van der Waals surface area contributed by atoms with Crippen LogP contribution in [0.15, 0.2) is 71.7 Å². The van der Waals surface area contributed by atoms with Crippen molar-refractivity contribution in [2.45, 2.75) is 50.1 Å². The molecule has 6 N–H and O–H groups in total. The Hall–Kier alpha value is -4.03. The third-order valence-corrected chi connectivity index (χ3v) is 8.26. The Labute approximate surface area is 275 Å². The summed E-state index contributed by atoms with van der Waals surface area (Å²) in [6.45, 7) is 2.36. The summed E-state index contributed by atoms with van der Waals surface area (Å²) in [5.74, 6) is -3.44. The van der Waals surface area contributed by atoms with Crippen LogP contribution >= 0.6 is 19.3 Å². The van der Waals surface area contributed by atoms with E-state index in [-0.39, 0.29) is 18.2 Å². The predicted molar refractivity (Wildman–Crippen MR) is 162 cm³/mol. The maximum Gasteiger partial charge on any atom is 0.490 e. The largest absolute Gasteiger partial charge is 0.490 e. The molecule has 20 heteroatoms. The minimum Gasteiger partial charge on any atom is -0.475 e. The molecule has 1 aliphatic rings. The number of rotatable bonds is 11. The van der Waals surface area contributed by atoms with Gasteiger partial charge in [0.1, 0.15) is 35.4 Å². The molecule has 0 amide bonds. The van der Waals surface area contributed by atoms with E-state index in [1.165, 1.54) is 43.5 Å². The van der Waals surface area contributed by atoms with Gasteiger partial charge in [-0.25, -0.2) is 18.9 Å². The van der Waals surface area contributed by atoms with Crippen molar-refractivity contribution >= 4 is 37.1 Å². The van der Waals surface area contributed by atoms with Crippen molar-refractivity contribution in [3.63, 3.8) is 0 Å². The van der Waals surface area contributed by atoms with Crippen LogP contribution in [-0.2, 0) is 28.2 Å². The average Bonchev–Trinajstić information content (AvgIpc) is 3.24. The molecule has 0 radical (unpaired) electrons. The summed E-state index contributed by atoms with van der Waals surface area (Å²) in [6.07, 6.45) is -8.09. The zero-order chi connectivity index (χ0) is 35.9. The van der Waals surface area contributed by atoms with Crippen molar-refractivity contribution in [3.05, 3.63) is 87.9 Å². The van der Waals surface area contributed by atoms with E-state index in [0.29, 0.717) is 10.6 Å². The number of halogens is 4. The van der Waals surface area contributed by atoms with Gasteiger partial charge in [0.05, 0.1) is 13.2 Å². The molecule has 2 aromatic carbocycles. The number of carboxylic acids is 1. The van der Waals surface area contributed by atoms with Crippen LogP contribution in [0.2, 0.25) is 5.02 Å². The Morgan fingerprint density at radius 3 is 2.33 bits per heavy atom. The number of nitrogens with two attached hydrogens (primary N) is 1. The maximum absolute atomic E-state index is 14.2. The van der Waals surface area contributed by atoms with E-state index in [1.54, 1.807) is 37.3 Å². The molecular weight excluding hydrogens is 692 g/mol. The van der Waals surface area contributed by atoms with Crippen molar-refractivity contribution in [3.8, 4) is 5.75 Å². The molecule has 3 aromatic rings. The molecule has 0 saturated carbocycles. The molecule has 1 fully saturated rings. The maximum atomic E-state index is 14.2. The number of aromatic nitrogens is 2. The highest BCUT2D eigenvalue weighted by Crippen LogP contribution is 2.48. The van der Waals surface area contributed by atoms with Gasteiger partial charge in [-0.2, -0.15) is 23.2 Å². The van der Waals surface area contributed by atoms with E-state index in [4.69, 9.17) is 45.8 Å². The Morgan fingerprint density at radius 2 is 1.79 bits per heavy atom. The Balaban J connectivity index is 0.000000804. The number of nitrogens with one attached hydrogen (secondary N) is 1. The molecule has 1 aliphatic heterocycles. The number of nitrogens with zero attached hydrogens (tertiary/aromatic N) is 2. The molecule has 4 rings (SSSR count). The molecule has 1 saturated heterocycles. The molecule has 0 aliphatic carbocycles. The van der Waals surface area contributed by atoms with Crippen LogP contribution < -0.4 is 21.0 Å². The van der Waals surface area contributed by atoms with Crippen molar-refractivity contribution in [1.29, 1.82) is 0 Å². The second kappa shape index (κ2) is 15.9. The third-order valence-electron chi connectivity index (χ3n) is 6.49. The van der Waals surface area contributed by atoms with Gasteiger partial charge in [-0.15, -0.1) is 0 Å². The first-order valence-electron chi connectivity index (χ1n) is 13.8. The van der Waals surface area contributed by atoms with Gasteiger partial charge in [-0.1, -0.05) is 41.9 Å². The highest BCUT2D eigenvalue weighted by Gasteiger charge is 2.54. The van der Waals surface area contributed by atoms with E-state index >= 15 is 0 Å². The van der Waals surface area contributed by atoms with Gasteiger partial charge in [0, 0.05) is 11.2 Å². The van der Waals surface area contributed by atoms with Crippen LogP contribution in [0.4, 0.5) is 19.0 Å². The Bertz CT molecular complexity index is 1660. The zero-order valence-corrected chi connectivity index (χ0v) is 26.8. The number of aliphatic hydroxyl groups is 2. The SMILES string of the molecule is CCOC(=O)[C@@H](NP(=O)(OC[C@H]1O[C@@H](n2ccc(N)nc2=O)[C@](C)(O)[C@@H]1O)Oc1ccc(Cl)cc1)c1ccccc1.O=C(O)C(F)(F)F. The molecule has 0 bridgehead atoms. The van der Waals surface area contributed by atoms with Gasteiger partial charge in [0.25, 0.3) is 0 Å². The molecular formula is C28H31ClF3N4O11P. The summed E-state index contributed by atoms with van der Waals surface area (Å²) in [6, 6.07) is 14.4. The third kappa shape index (κ3) is 9.99. The highest BCUT2D eigenvalue weighted by atomic mass is 35.5. The van der Waals surface area contributed by atoms with Crippen LogP contribution in [0, 0.1) is 0 Å². The van der Waals surface area contributed by atoms with E-state index in [1.807, 2.05) is 0 Å². The summed E-state index contributed by atoms with van der Waals surface area (Å²) < 4.78 is 69.2. The molecule has 0 spiro atoms. The normalized spacial score (nSPS) is 22.5. The van der Waals surface area contributed by atoms with Gasteiger partial charge < -0.3 is 35.1 Å². The number of aliphatic hydroxyl groups excluding tert-OH is 1. The molecule has 262 valence electrons. The molecule has 1 unspecified atom stereocenters. The minimum absolute atomic E-state index is 0.0368. The predicted octanol–water partition coefficient (Wildman–Crippen LogP) is 3.22.